The van der Waals surface area contributed by atoms with Gasteiger partial charge in [0, 0.05) is 43.0 Å². The lowest BCUT2D eigenvalue weighted by Crippen LogP contribution is -2.31. The Morgan fingerprint density at radius 1 is 1.10 bits per heavy atom. The van der Waals surface area contributed by atoms with Crippen LogP contribution in [0.25, 0.3) is 22.5 Å². The zero-order valence-electron chi connectivity index (χ0n) is 16.9. The second kappa shape index (κ2) is 8.61. The van der Waals surface area contributed by atoms with E-state index in [-0.39, 0.29) is 23.6 Å². The fourth-order valence-corrected chi connectivity index (χ4v) is 4.19. The van der Waals surface area contributed by atoms with E-state index in [0.29, 0.717) is 5.92 Å². The van der Waals surface area contributed by atoms with Crippen molar-refractivity contribution in [2.75, 3.05) is 12.8 Å². The first kappa shape index (κ1) is 20.0. The van der Waals surface area contributed by atoms with Crippen LogP contribution in [0.15, 0.2) is 43.0 Å². The predicted molar refractivity (Wildman–Crippen MR) is 113 cm³/mol. The average molecular weight is 408 g/mol. The van der Waals surface area contributed by atoms with Crippen molar-refractivity contribution in [3.63, 3.8) is 0 Å². The Balaban J connectivity index is 1.62. The van der Waals surface area contributed by atoms with Crippen molar-refractivity contribution in [3.05, 3.63) is 48.8 Å². The molecular weight excluding hydrogens is 383 g/mol. The number of carbonyl (C=O) groups is 1. The minimum atomic E-state index is -0.288. The van der Waals surface area contributed by atoms with E-state index in [0.717, 1.165) is 54.7 Å². The molecule has 1 amide bonds. The Kier molecular flexibility index (Phi) is 5.74. The summed E-state index contributed by atoms with van der Waals surface area (Å²) in [6.07, 6.45) is 8.94. The third-order valence-corrected chi connectivity index (χ3v) is 5.82. The molecule has 8 heteroatoms. The second-order valence-electron chi connectivity index (χ2n) is 7.76. The highest BCUT2D eigenvalue weighted by Crippen LogP contribution is 2.34. The number of benzene rings is 1. The van der Waals surface area contributed by atoms with E-state index in [2.05, 4.69) is 24.8 Å². The van der Waals surface area contributed by atoms with Crippen LogP contribution in [-0.2, 0) is 11.3 Å². The van der Waals surface area contributed by atoms with Crippen molar-refractivity contribution in [2.45, 2.75) is 32.2 Å². The molecule has 1 saturated carbocycles. The van der Waals surface area contributed by atoms with Gasteiger partial charge in [-0.1, -0.05) is 0 Å². The van der Waals surface area contributed by atoms with Crippen LogP contribution >= 0.6 is 0 Å². The van der Waals surface area contributed by atoms with Gasteiger partial charge < -0.3 is 15.6 Å². The SMILES string of the molecule is CNC(=O)C1CCC(Cn2cnc(-c3ccc(F)cc3)c2-c2cnc(N)nc2)CC1. The maximum atomic E-state index is 13.4. The van der Waals surface area contributed by atoms with E-state index in [4.69, 9.17) is 5.73 Å². The highest BCUT2D eigenvalue weighted by Gasteiger charge is 2.27. The normalized spacial score (nSPS) is 18.9. The summed E-state index contributed by atoms with van der Waals surface area (Å²) >= 11 is 0. The van der Waals surface area contributed by atoms with Crippen LogP contribution in [0.4, 0.5) is 10.3 Å². The number of hydrogen-bond acceptors (Lipinski definition) is 5. The van der Waals surface area contributed by atoms with Crippen LogP contribution in [0, 0.1) is 17.7 Å². The molecule has 156 valence electrons. The van der Waals surface area contributed by atoms with Gasteiger partial charge in [0.1, 0.15) is 5.82 Å². The topological polar surface area (TPSA) is 98.7 Å². The lowest BCUT2D eigenvalue weighted by atomic mass is 9.81. The van der Waals surface area contributed by atoms with Gasteiger partial charge in [-0.25, -0.2) is 19.3 Å². The largest absolute Gasteiger partial charge is 0.368 e. The van der Waals surface area contributed by atoms with E-state index in [9.17, 15) is 9.18 Å². The highest BCUT2D eigenvalue weighted by molar-refractivity contribution is 5.79. The van der Waals surface area contributed by atoms with Gasteiger partial charge in [-0.15, -0.1) is 0 Å². The number of nitrogens with zero attached hydrogens (tertiary/aromatic N) is 4. The number of aromatic nitrogens is 4. The van der Waals surface area contributed by atoms with Gasteiger partial charge in [-0.05, 0) is 55.9 Å². The van der Waals surface area contributed by atoms with Gasteiger partial charge in [0.25, 0.3) is 0 Å². The number of hydrogen-bond donors (Lipinski definition) is 2. The van der Waals surface area contributed by atoms with E-state index in [1.54, 1.807) is 31.6 Å². The van der Waals surface area contributed by atoms with Crippen molar-refractivity contribution < 1.29 is 9.18 Å². The van der Waals surface area contributed by atoms with E-state index < -0.39 is 0 Å². The lowest BCUT2D eigenvalue weighted by molar-refractivity contribution is -0.125. The second-order valence-corrected chi connectivity index (χ2v) is 7.76. The highest BCUT2D eigenvalue weighted by atomic mass is 19.1. The number of halogens is 1. The molecular formula is C22H25FN6O. The van der Waals surface area contributed by atoms with Gasteiger partial charge in [0.05, 0.1) is 17.7 Å². The summed E-state index contributed by atoms with van der Waals surface area (Å²) in [6, 6.07) is 6.30. The molecule has 0 bridgehead atoms. The molecule has 1 aliphatic carbocycles. The number of rotatable bonds is 5. The fourth-order valence-electron chi connectivity index (χ4n) is 4.19. The van der Waals surface area contributed by atoms with Crippen molar-refractivity contribution in [1.29, 1.82) is 0 Å². The minimum Gasteiger partial charge on any atom is -0.368 e. The summed E-state index contributed by atoms with van der Waals surface area (Å²) in [5.74, 6) is 0.613. The van der Waals surface area contributed by atoms with Gasteiger partial charge in [0.2, 0.25) is 11.9 Å². The summed E-state index contributed by atoms with van der Waals surface area (Å²) in [4.78, 5) is 24.8. The minimum absolute atomic E-state index is 0.105. The number of anilines is 1. The zero-order valence-corrected chi connectivity index (χ0v) is 16.9. The Hall–Kier alpha value is -3.29. The van der Waals surface area contributed by atoms with Gasteiger partial charge in [-0.3, -0.25) is 4.79 Å². The Morgan fingerprint density at radius 2 is 1.77 bits per heavy atom. The number of nitrogen functional groups attached to an aromatic ring is 1. The van der Waals surface area contributed by atoms with Crippen LogP contribution in [0.3, 0.4) is 0 Å². The summed E-state index contributed by atoms with van der Waals surface area (Å²) in [5.41, 5.74) is 8.93. The number of carbonyl (C=O) groups excluding carboxylic acids is 1. The van der Waals surface area contributed by atoms with Crippen LogP contribution in [-0.4, -0.2) is 32.5 Å². The molecule has 3 aromatic rings. The maximum Gasteiger partial charge on any atom is 0.222 e. The third kappa shape index (κ3) is 4.17. The molecule has 4 rings (SSSR count). The molecule has 1 aliphatic rings. The monoisotopic (exact) mass is 408 g/mol. The summed E-state index contributed by atoms with van der Waals surface area (Å²) < 4.78 is 15.5. The molecule has 0 atom stereocenters. The average Bonchev–Trinajstić information content (AvgIpc) is 3.18. The molecule has 3 N–H and O–H groups in total. The van der Waals surface area contributed by atoms with E-state index in [1.807, 2.05) is 6.33 Å². The molecule has 1 aromatic carbocycles. The van der Waals surface area contributed by atoms with E-state index >= 15 is 0 Å². The van der Waals surface area contributed by atoms with Crippen molar-refractivity contribution >= 4 is 11.9 Å². The van der Waals surface area contributed by atoms with Crippen molar-refractivity contribution in [1.82, 2.24) is 24.8 Å². The number of amides is 1. The molecule has 0 radical (unpaired) electrons. The van der Waals surface area contributed by atoms with Crippen molar-refractivity contribution in [2.24, 2.45) is 11.8 Å². The van der Waals surface area contributed by atoms with Crippen LogP contribution < -0.4 is 11.1 Å². The number of imidazole rings is 1. The first-order valence-electron chi connectivity index (χ1n) is 10.2. The summed E-state index contributed by atoms with van der Waals surface area (Å²) in [7, 11) is 1.69. The Morgan fingerprint density at radius 3 is 2.40 bits per heavy atom. The van der Waals surface area contributed by atoms with E-state index in [1.165, 1.54) is 12.1 Å². The van der Waals surface area contributed by atoms with Gasteiger partial charge in [0.15, 0.2) is 0 Å². The van der Waals surface area contributed by atoms with Crippen LogP contribution in [0.1, 0.15) is 25.7 Å². The quantitative estimate of drug-likeness (QED) is 0.675. The number of nitrogens with two attached hydrogens (primary N) is 1. The van der Waals surface area contributed by atoms with Crippen LogP contribution in [0.2, 0.25) is 0 Å². The molecule has 0 spiro atoms. The standard InChI is InChI=1S/C22H25FN6O/c1-25-21(30)16-4-2-14(3-5-16)12-29-13-28-19(15-6-8-18(23)9-7-15)20(29)17-10-26-22(24)27-11-17/h6-11,13-14,16H,2-5,12H2,1H3,(H,25,30)(H2,24,26,27). The lowest BCUT2D eigenvalue weighted by Gasteiger charge is -2.28. The first-order valence-corrected chi connectivity index (χ1v) is 10.2. The molecule has 2 aromatic heterocycles. The molecule has 0 unspecified atom stereocenters. The maximum absolute atomic E-state index is 13.4. The molecule has 30 heavy (non-hydrogen) atoms. The molecule has 2 heterocycles. The Labute approximate surface area is 174 Å². The molecule has 1 fully saturated rings. The fraction of sp³-hybridized carbons (Fsp3) is 0.364. The molecule has 0 saturated heterocycles. The van der Waals surface area contributed by atoms with Crippen LogP contribution in [0.5, 0.6) is 0 Å². The summed E-state index contributed by atoms with van der Waals surface area (Å²) in [6.45, 7) is 0.786. The van der Waals surface area contributed by atoms with Gasteiger partial charge >= 0.3 is 0 Å². The smallest absolute Gasteiger partial charge is 0.222 e. The summed E-state index contributed by atoms with van der Waals surface area (Å²) in [5, 5.41) is 2.75. The number of nitrogens with one attached hydrogen (secondary N) is 1. The Bertz CT molecular complexity index is 1010. The molecule has 7 nitrogen and oxygen atoms in total. The first-order chi connectivity index (χ1) is 14.5. The molecule has 0 aliphatic heterocycles. The van der Waals surface area contributed by atoms with Crippen molar-refractivity contribution in [3.8, 4) is 22.5 Å². The third-order valence-electron chi connectivity index (χ3n) is 5.82. The van der Waals surface area contributed by atoms with Gasteiger partial charge in [-0.2, -0.15) is 0 Å². The zero-order chi connectivity index (χ0) is 21.1. The predicted octanol–water partition coefficient (Wildman–Crippen LogP) is 3.28.